The number of carbonyl (C=O) groups is 1. The molecule has 0 unspecified atom stereocenters. The average Bonchev–Trinajstić information content (AvgIpc) is 2.91. The van der Waals surface area contributed by atoms with Gasteiger partial charge < -0.3 is 9.84 Å². The van der Waals surface area contributed by atoms with Gasteiger partial charge in [-0.2, -0.15) is 0 Å². The largest absolute Gasteiger partial charge is 0.495 e. The van der Waals surface area contributed by atoms with Crippen LogP contribution in [0.25, 0.3) is 16.7 Å². The summed E-state index contributed by atoms with van der Waals surface area (Å²) < 4.78 is 7.85. The Balaban J connectivity index is 2.28. The lowest BCUT2D eigenvalue weighted by Crippen LogP contribution is -2.02. The van der Waals surface area contributed by atoms with Gasteiger partial charge in [0.2, 0.25) is 0 Å². The quantitative estimate of drug-likeness (QED) is 0.788. The second kappa shape index (κ2) is 5.21. The molecule has 0 saturated carbocycles. The number of aromatic nitrogens is 2. The molecule has 2 aromatic carbocycles. The molecule has 0 radical (unpaired) electrons. The lowest BCUT2D eigenvalue weighted by atomic mass is 10.1. The van der Waals surface area contributed by atoms with Crippen LogP contribution in [0.1, 0.15) is 10.4 Å². The standard InChI is InChI=1S/C15H11BrN2O3/c1-21-13-7-9(5-6-11(13)16)18-8-17-12-4-2-3-10(14(12)18)15(19)20/h2-8H,1H3,(H,19,20). The number of halogens is 1. The van der Waals surface area contributed by atoms with E-state index in [1.165, 1.54) is 0 Å². The van der Waals surface area contributed by atoms with Crippen LogP contribution < -0.4 is 4.74 Å². The molecule has 0 amide bonds. The van der Waals surface area contributed by atoms with Gasteiger partial charge in [-0.25, -0.2) is 9.78 Å². The first-order chi connectivity index (χ1) is 10.1. The molecule has 21 heavy (non-hydrogen) atoms. The van der Waals surface area contributed by atoms with Crippen LogP contribution in [-0.4, -0.2) is 27.7 Å². The van der Waals surface area contributed by atoms with Crippen LogP contribution in [0.5, 0.6) is 5.75 Å². The highest BCUT2D eigenvalue weighted by atomic mass is 79.9. The third kappa shape index (κ3) is 2.27. The number of carboxylic acid groups (broad SMARTS) is 1. The van der Waals surface area contributed by atoms with E-state index < -0.39 is 5.97 Å². The van der Waals surface area contributed by atoms with Gasteiger partial charge in [-0.1, -0.05) is 6.07 Å². The van der Waals surface area contributed by atoms with Gasteiger partial charge in [0, 0.05) is 6.07 Å². The molecule has 1 N–H and O–H groups in total. The summed E-state index contributed by atoms with van der Waals surface area (Å²) in [6.45, 7) is 0. The molecule has 1 aromatic heterocycles. The van der Waals surface area contributed by atoms with Crippen LogP contribution in [0.2, 0.25) is 0 Å². The van der Waals surface area contributed by atoms with E-state index in [2.05, 4.69) is 20.9 Å². The van der Waals surface area contributed by atoms with Crippen molar-refractivity contribution in [1.29, 1.82) is 0 Å². The SMILES string of the molecule is COc1cc(-n2cnc3cccc(C(=O)O)c32)ccc1Br. The highest BCUT2D eigenvalue weighted by molar-refractivity contribution is 9.10. The van der Waals surface area contributed by atoms with Gasteiger partial charge in [-0.05, 0) is 40.2 Å². The Hall–Kier alpha value is -2.34. The van der Waals surface area contributed by atoms with Crippen molar-refractivity contribution in [2.75, 3.05) is 7.11 Å². The molecule has 3 rings (SSSR count). The average molecular weight is 347 g/mol. The zero-order valence-corrected chi connectivity index (χ0v) is 12.7. The van der Waals surface area contributed by atoms with Crippen molar-refractivity contribution < 1.29 is 14.6 Å². The van der Waals surface area contributed by atoms with E-state index in [4.69, 9.17) is 4.74 Å². The van der Waals surface area contributed by atoms with E-state index in [-0.39, 0.29) is 5.56 Å². The third-order valence-electron chi connectivity index (χ3n) is 3.21. The third-order valence-corrected chi connectivity index (χ3v) is 3.87. The summed E-state index contributed by atoms with van der Waals surface area (Å²) in [4.78, 5) is 15.7. The summed E-state index contributed by atoms with van der Waals surface area (Å²) in [6.07, 6.45) is 1.61. The van der Waals surface area contributed by atoms with Gasteiger partial charge in [-0.15, -0.1) is 0 Å². The Bertz CT molecular complexity index is 842. The second-order valence-electron chi connectivity index (χ2n) is 4.41. The maximum absolute atomic E-state index is 11.4. The van der Waals surface area contributed by atoms with Crippen molar-refractivity contribution in [1.82, 2.24) is 9.55 Å². The Morgan fingerprint density at radius 3 is 2.86 bits per heavy atom. The molecule has 0 fully saturated rings. The highest BCUT2D eigenvalue weighted by Gasteiger charge is 2.15. The smallest absolute Gasteiger partial charge is 0.337 e. The number of fused-ring (bicyclic) bond motifs is 1. The number of benzene rings is 2. The molecular formula is C15H11BrN2O3. The topological polar surface area (TPSA) is 64.4 Å². The number of rotatable bonds is 3. The van der Waals surface area contributed by atoms with Gasteiger partial charge in [0.15, 0.2) is 0 Å². The number of ether oxygens (including phenoxy) is 1. The maximum Gasteiger partial charge on any atom is 0.337 e. The van der Waals surface area contributed by atoms with E-state index in [1.54, 1.807) is 36.2 Å². The van der Waals surface area contributed by atoms with E-state index >= 15 is 0 Å². The number of aromatic carboxylic acids is 1. The van der Waals surface area contributed by atoms with Gasteiger partial charge >= 0.3 is 5.97 Å². The molecule has 0 aliphatic carbocycles. The van der Waals surface area contributed by atoms with Crippen molar-refractivity contribution in [2.24, 2.45) is 0 Å². The first-order valence-corrected chi connectivity index (χ1v) is 6.94. The Morgan fingerprint density at radius 1 is 1.33 bits per heavy atom. The van der Waals surface area contributed by atoms with E-state index in [0.717, 1.165) is 10.2 Å². The van der Waals surface area contributed by atoms with Crippen LogP contribution >= 0.6 is 15.9 Å². The van der Waals surface area contributed by atoms with Crippen molar-refractivity contribution in [3.63, 3.8) is 0 Å². The highest BCUT2D eigenvalue weighted by Crippen LogP contribution is 2.29. The summed E-state index contributed by atoms with van der Waals surface area (Å²) in [5, 5.41) is 9.34. The fourth-order valence-electron chi connectivity index (χ4n) is 2.23. The Labute approximate surface area is 128 Å². The molecular weight excluding hydrogens is 336 g/mol. The number of carboxylic acids is 1. The van der Waals surface area contributed by atoms with Gasteiger partial charge in [-0.3, -0.25) is 4.57 Å². The monoisotopic (exact) mass is 346 g/mol. The number of imidazole rings is 1. The first kappa shape index (κ1) is 13.6. The van der Waals surface area contributed by atoms with E-state index in [9.17, 15) is 9.90 Å². The predicted molar refractivity (Wildman–Crippen MR) is 82.3 cm³/mol. The second-order valence-corrected chi connectivity index (χ2v) is 5.27. The van der Waals surface area contributed by atoms with Crippen molar-refractivity contribution in [2.45, 2.75) is 0 Å². The summed E-state index contributed by atoms with van der Waals surface area (Å²) in [5.74, 6) is -0.311. The maximum atomic E-state index is 11.4. The Kier molecular flexibility index (Phi) is 3.39. The zero-order valence-electron chi connectivity index (χ0n) is 11.1. The van der Waals surface area contributed by atoms with Crippen molar-refractivity contribution in [3.05, 3.63) is 52.8 Å². The number of methoxy groups -OCH3 is 1. The van der Waals surface area contributed by atoms with Crippen molar-refractivity contribution in [3.8, 4) is 11.4 Å². The molecule has 0 spiro atoms. The first-order valence-electron chi connectivity index (χ1n) is 6.15. The molecule has 3 aromatic rings. The number of para-hydroxylation sites is 1. The van der Waals surface area contributed by atoms with Crippen LogP contribution in [-0.2, 0) is 0 Å². The molecule has 0 aliphatic rings. The molecule has 0 atom stereocenters. The molecule has 1 heterocycles. The van der Waals surface area contributed by atoms with Crippen molar-refractivity contribution >= 4 is 32.9 Å². The molecule has 106 valence electrons. The fourth-order valence-corrected chi connectivity index (χ4v) is 2.64. The minimum atomic E-state index is -0.980. The van der Waals surface area contributed by atoms with E-state index in [1.807, 2.05) is 18.2 Å². The zero-order chi connectivity index (χ0) is 15.0. The van der Waals surface area contributed by atoms with Crippen LogP contribution in [0.4, 0.5) is 0 Å². The number of hydrogen-bond donors (Lipinski definition) is 1. The normalized spacial score (nSPS) is 10.8. The number of hydrogen-bond acceptors (Lipinski definition) is 3. The summed E-state index contributed by atoms with van der Waals surface area (Å²) >= 11 is 3.40. The number of nitrogens with zero attached hydrogens (tertiary/aromatic N) is 2. The summed E-state index contributed by atoms with van der Waals surface area (Å²) in [7, 11) is 1.58. The fraction of sp³-hybridized carbons (Fsp3) is 0.0667. The van der Waals surface area contributed by atoms with Crippen LogP contribution in [0.15, 0.2) is 47.2 Å². The Morgan fingerprint density at radius 2 is 2.14 bits per heavy atom. The molecule has 0 bridgehead atoms. The molecule has 0 saturated heterocycles. The van der Waals surface area contributed by atoms with Gasteiger partial charge in [0.1, 0.15) is 12.1 Å². The molecule has 5 nitrogen and oxygen atoms in total. The van der Waals surface area contributed by atoms with Gasteiger partial charge in [0.05, 0.1) is 33.9 Å². The molecule has 6 heteroatoms. The van der Waals surface area contributed by atoms with Crippen LogP contribution in [0, 0.1) is 0 Å². The molecule has 0 aliphatic heterocycles. The minimum absolute atomic E-state index is 0.215. The lowest BCUT2D eigenvalue weighted by Gasteiger charge is -2.09. The minimum Gasteiger partial charge on any atom is -0.495 e. The van der Waals surface area contributed by atoms with Gasteiger partial charge in [0.25, 0.3) is 0 Å². The summed E-state index contributed by atoms with van der Waals surface area (Å²) in [6, 6.07) is 10.6. The summed E-state index contributed by atoms with van der Waals surface area (Å²) in [5.41, 5.74) is 2.20. The van der Waals surface area contributed by atoms with Crippen LogP contribution in [0.3, 0.4) is 0 Å². The lowest BCUT2D eigenvalue weighted by molar-refractivity contribution is 0.0698. The van der Waals surface area contributed by atoms with E-state index in [0.29, 0.717) is 16.8 Å². The predicted octanol–water partition coefficient (Wildman–Crippen LogP) is 3.49.